The van der Waals surface area contributed by atoms with E-state index < -0.39 is 6.03 Å². The van der Waals surface area contributed by atoms with Crippen molar-refractivity contribution in [3.05, 3.63) is 48.2 Å². The van der Waals surface area contributed by atoms with E-state index in [-0.39, 0.29) is 5.41 Å². The summed E-state index contributed by atoms with van der Waals surface area (Å²) in [6.07, 6.45) is 3.38. The number of hydrogen-bond donors (Lipinski definition) is 2. The quantitative estimate of drug-likeness (QED) is 0.231. The second kappa shape index (κ2) is 8.94. The number of amides is 2. The topological polar surface area (TPSA) is 88.9 Å². The molecule has 1 aliphatic heterocycles. The van der Waals surface area contributed by atoms with Crippen LogP contribution in [0.15, 0.2) is 47.0 Å². The number of fused-ring (bicyclic) bond motifs is 1. The zero-order valence-corrected chi connectivity index (χ0v) is 19.0. The maximum Gasteiger partial charge on any atom is 0.325 e. The van der Waals surface area contributed by atoms with E-state index in [1.165, 1.54) is 6.42 Å². The molecule has 0 radical (unpaired) electrons. The lowest BCUT2D eigenvalue weighted by Crippen LogP contribution is -2.19. The number of benzene rings is 2. The highest BCUT2D eigenvalue weighted by atomic mass is 16.6. The molecule has 0 atom stereocenters. The van der Waals surface area contributed by atoms with Crippen molar-refractivity contribution in [3.8, 4) is 28.4 Å². The summed E-state index contributed by atoms with van der Waals surface area (Å²) in [6, 6.07) is 13.0. The van der Waals surface area contributed by atoms with Crippen molar-refractivity contribution < 1.29 is 18.8 Å². The summed E-state index contributed by atoms with van der Waals surface area (Å²) in [6.45, 7) is 8.94. The number of ether oxygens (including phenoxy) is 2. The minimum Gasteiger partial charge on any atom is -0.494 e. The lowest BCUT2D eigenvalue weighted by Gasteiger charge is -2.12. The Morgan fingerprint density at radius 2 is 1.84 bits per heavy atom. The Labute approximate surface area is 188 Å². The van der Waals surface area contributed by atoms with E-state index >= 15 is 0 Å². The van der Waals surface area contributed by atoms with Crippen LogP contribution < -0.4 is 20.1 Å². The van der Waals surface area contributed by atoms with Crippen LogP contribution in [0.3, 0.4) is 0 Å². The van der Waals surface area contributed by atoms with Gasteiger partial charge in [-0.3, -0.25) is 5.32 Å². The summed E-state index contributed by atoms with van der Waals surface area (Å²) in [4.78, 5) is 12.6. The number of unbranched alkanes of at least 4 members (excludes halogenated alkanes) is 2. The second-order valence-corrected chi connectivity index (χ2v) is 8.90. The first kappa shape index (κ1) is 21.7. The molecule has 0 saturated carbocycles. The fourth-order valence-corrected chi connectivity index (χ4v) is 3.32. The molecule has 2 heterocycles. The molecule has 0 bridgehead atoms. The van der Waals surface area contributed by atoms with E-state index in [1.54, 1.807) is 6.07 Å². The van der Waals surface area contributed by atoms with E-state index in [9.17, 15) is 4.79 Å². The van der Waals surface area contributed by atoms with Crippen molar-refractivity contribution in [2.24, 2.45) is 0 Å². The first-order chi connectivity index (χ1) is 15.3. The third-order valence-electron chi connectivity index (χ3n) is 5.20. The highest BCUT2D eigenvalue weighted by Gasteiger charge is 2.29. The third kappa shape index (κ3) is 5.04. The molecular weight excluding hydrogens is 406 g/mol. The van der Waals surface area contributed by atoms with E-state index in [2.05, 4.69) is 22.7 Å². The normalized spacial score (nSPS) is 12.0. The molecule has 7 heteroatoms. The Hall–Kier alpha value is -3.48. The molecule has 7 nitrogen and oxygen atoms in total. The average molecular weight is 436 g/mol. The van der Waals surface area contributed by atoms with Crippen molar-refractivity contribution in [3.63, 3.8) is 0 Å². The molecule has 2 amide bonds. The Morgan fingerprint density at radius 1 is 1.06 bits per heavy atom. The number of anilines is 2. The van der Waals surface area contributed by atoms with Crippen molar-refractivity contribution >= 4 is 17.5 Å². The van der Waals surface area contributed by atoms with Crippen molar-refractivity contribution in [2.45, 2.75) is 52.4 Å². The van der Waals surface area contributed by atoms with Gasteiger partial charge in [0, 0.05) is 17.0 Å². The van der Waals surface area contributed by atoms with Crippen LogP contribution in [0.25, 0.3) is 11.1 Å². The zero-order valence-electron chi connectivity index (χ0n) is 19.0. The summed E-state index contributed by atoms with van der Waals surface area (Å²) in [5.74, 6) is 3.32. The molecule has 1 aliphatic rings. The summed E-state index contributed by atoms with van der Waals surface area (Å²) in [5.41, 5.74) is 2.25. The van der Waals surface area contributed by atoms with Crippen LogP contribution in [0, 0.1) is 0 Å². The van der Waals surface area contributed by atoms with Crippen LogP contribution in [0.5, 0.6) is 17.2 Å². The average Bonchev–Trinajstić information content (AvgIpc) is 3.40. The van der Waals surface area contributed by atoms with Crippen LogP contribution >= 0.6 is 0 Å². The molecule has 3 aromatic rings. The molecule has 168 valence electrons. The third-order valence-corrected chi connectivity index (χ3v) is 5.20. The molecule has 0 aliphatic carbocycles. The van der Waals surface area contributed by atoms with Gasteiger partial charge >= 0.3 is 6.03 Å². The van der Waals surface area contributed by atoms with Gasteiger partial charge in [0.15, 0.2) is 17.3 Å². The van der Waals surface area contributed by atoms with Gasteiger partial charge in [0.05, 0.1) is 12.3 Å². The van der Waals surface area contributed by atoms with E-state index in [0.29, 0.717) is 29.6 Å². The minimum atomic E-state index is -0.417. The largest absolute Gasteiger partial charge is 0.494 e. The van der Waals surface area contributed by atoms with E-state index in [0.717, 1.165) is 35.5 Å². The van der Waals surface area contributed by atoms with Gasteiger partial charge in [0.25, 0.3) is 0 Å². The fourth-order valence-electron chi connectivity index (χ4n) is 3.32. The number of aromatic nitrogens is 1. The summed E-state index contributed by atoms with van der Waals surface area (Å²) in [5, 5.41) is 9.56. The van der Waals surface area contributed by atoms with Crippen molar-refractivity contribution in [2.75, 3.05) is 17.2 Å². The number of carbonyl (C=O) groups is 1. The number of rotatable bonds is 8. The molecule has 32 heavy (non-hydrogen) atoms. The minimum absolute atomic E-state index is 0.194. The molecule has 2 aromatic carbocycles. The molecule has 0 saturated heterocycles. The zero-order chi connectivity index (χ0) is 22.7. The van der Waals surface area contributed by atoms with Gasteiger partial charge in [-0.15, -0.1) is 0 Å². The van der Waals surface area contributed by atoms with Gasteiger partial charge in [0.1, 0.15) is 11.5 Å². The number of carbonyl (C=O) groups excluding carboxylic acids is 1. The van der Waals surface area contributed by atoms with Gasteiger partial charge < -0.3 is 19.3 Å². The monoisotopic (exact) mass is 435 g/mol. The predicted octanol–water partition coefficient (Wildman–Crippen LogP) is 6.96. The van der Waals surface area contributed by atoms with Gasteiger partial charge in [0.2, 0.25) is 0 Å². The Kier molecular flexibility index (Phi) is 6.08. The summed E-state index contributed by atoms with van der Waals surface area (Å²) >= 11 is 0. The SMILES string of the molecule is CCCCCOc1ccc(-c2ccc3c(c2NC(=O)Nc2cc(C(C)(C)C)on2)O3)cc1. The highest BCUT2D eigenvalue weighted by Crippen LogP contribution is 2.54. The Morgan fingerprint density at radius 3 is 2.53 bits per heavy atom. The van der Waals surface area contributed by atoms with Gasteiger partial charge in [-0.2, -0.15) is 0 Å². The molecule has 0 unspecified atom stereocenters. The van der Waals surface area contributed by atoms with Crippen LogP contribution in [-0.2, 0) is 5.41 Å². The number of urea groups is 1. The molecule has 0 spiro atoms. The molecule has 1 aromatic heterocycles. The van der Waals surface area contributed by atoms with Crippen LogP contribution in [0.4, 0.5) is 16.3 Å². The smallest absolute Gasteiger partial charge is 0.325 e. The lowest BCUT2D eigenvalue weighted by molar-refractivity contribution is 0.262. The van der Waals surface area contributed by atoms with Gasteiger partial charge in [-0.05, 0) is 36.2 Å². The number of hydrogen-bond acceptors (Lipinski definition) is 5. The Balaban J connectivity index is 1.46. The molecular formula is C25H29N3O4. The maximum absolute atomic E-state index is 12.6. The first-order valence-electron chi connectivity index (χ1n) is 11.0. The number of nitrogens with one attached hydrogen (secondary N) is 2. The van der Waals surface area contributed by atoms with Crippen molar-refractivity contribution in [1.82, 2.24) is 5.16 Å². The molecule has 4 rings (SSSR count). The maximum atomic E-state index is 12.6. The summed E-state index contributed by atoms with van der Waals surface area (Å²) < 4.78 is 16.7. The van der Waals surface area contributed by atoms with Crippen LogP contribution in [0.2, 0.25) is 0 Å². The predicted molar refractivity (Wildman–Crippen MR) is 125 cm³/mol. The van der Waals surface area contributed by atoms with E-state index in [4.69, 9.17) is 14.0 Å². The highest BCUT2D eigenvalue weighted by molar-refractivity contribution is 6.05. The lowest BCUT2D eigenvalue weighted by atomic mass is 9.93. The molecule has 0 fully saturated rings. The van der Waals surface area contributed by atoms with Crippen LogP contribution in [0.1, 0.15) is 52.7 Å². The fraction of sp³-hybridized carbons (Fsp3) is 0.360. The summed E-state index contributed by atoms with van der Waals surface area (Å²) in [7, 11) is 0. The van der Waals surface area contributed by atoms with E-state index in [1.807, 2.05) is 57.2 Å². The van der Waals surface area contributed by atoms with Gasteiger partial charge in [-0.1, -0.05) is 57.8 Å². The van der Waals surface area contributed by atoms with Gasteiger partial charge in [-0.25, -0.2) is 4.79 Å². The standard InChI is InChI=1S/C25H29N3O4/c1-5-6-7-14-30-17-10-8-16(9-11-17)18-12-13-19-23(31-19)22(18)27-24(29)26-21-15-20(32-28-21)25(2,3)4/h8-13,15H,5-7,14H2,1-4H3,(H2,26,27,28,29). The number of nitrogens with zero attached hydrogens (tertiary/aromatic N) is 1. The van der Waals surface area contributed by atoms with Crippen LogP contribution in [-0.4, -0.2) is 17.8 Å². The first-order valence-corrected chi connectivity index (χ1v) is 11.0. The van der Waals surface area contributed by atoms with Crippen molar-refractivity contribution in [1.29, 1.82) is 0 Å². The molecule has 2 N–H and O–H groups in total. The Bertz CT molecular complexity index is 1100. The second-order valence-electron chi connectivity index (χ2n) is 8.90.